The molecule has 0 bridgehead atoms. The van der Waals surface area contributed by atoms with E-state index in [1.807, 2.05) is 58.0 Å². The van der Waals surface area contributed by atoms with Gasteiger partial charge in [-0.1, -0.05) is 13.8 Å². The van der Waals surface area contributed by atoms with E-state index in [0.717, 1.165) is 16.3 Å². The molecule has 35 heavy (non-hydrogen) atoms. The van der Waals surface area contributed by atoms with Crippen molar-refractivity contribution >= 4 is 29.3 Å². The molecular formula is C26H30N4O4S. The molecular weight excluding hydrogens is 464 g/mol. The van der Waals surface area contributed by atoms with Crippen LogP contribution in [0.3, 0.4) is 0 Å². The van der Waals surface area contributed by atoms with Crippen molar-refractivity contribution in [3.05, 3.63) is 65.5 Å². The Morgan fingerprint density at radius 3 is 1.97 bits per heavy atom. The first-order valence-corrected chi connectivity index (χ1v) is 11.9. The molecule has 0 aliphatic carbocycles. The molecule has 8 nitrogen and oxygen atoms in total. The first kappa shape index (κ1) is 26.0. The van der Waals surface area contributed by atoms with E-state index in [1.54, 1.807) is 18.2 Å². The lowest BCUT2D eigenvalue weighted by atomic mass is 10.0. The van der Waals surface area contributed by atoms with Crippen LogP contribution in [0.2, 0.25) is 0 Å². The minimum Gasteiger partial charge on any atom is -0.497 e. The van der Waals surface area contributed by atoms with Gasteiger partial charge < -0.3 is 20.1 Å². The molecule has 2 amide bonds. The zero-order chi connectivity index (χ0) is 25.5. The summed E-state index contributed by atoms with van der Waals surface area (Å²) in [7, 11) is 3.03. The van der Waals surface area contributed by atoms with Crippen molar-refractivity contribution in [3.63, 3.8) is 0 Å². The number of rotatable bonds is 9. The number of methoxy groups -OCH3 is 2. The van der Waals surface area contributed by atoms with Crippen molar-refractivity contribution in [2.45, 2.75) is 43.8 Å². The molecule has 0 spiro atoms. The number of ether oxygens (including phenoxy) is 2. The number of hydrogen-bond acceptors (Lipinski definition) is 7. The average molecular weight is 495 g/mol. The van der Waals surface area contributed by atoms with Crippen LogP contribution in [-0.4, -0.2) is 42.0 Å². The Bertz CT molecular complexity index is 1160. The van der Waals surface area contributed by atoms with Crippen LogP contribution in [0.5, 0.6) is 11.5 Å². The summed E-state index contributed by atoms with van der Waals surface area (Å²) in [5.41, 5.74) is 2.80. The molecule has 3 aromatic rings. The third-order valence-corrected chi connectivity index (χ3v) is 6.02. The van der Waals surface area contributed by atoms with Gasteiger partial charge in [-0.15, -0.1) is 0 Å². The number of hydrogen-bond donors (Lipinski definition) is 2. The second kappa shape index (κ2) is 11.7. The van der Waals surface area contributed by atoms with E-state index in [-0.39, 0.29) is 11.8 Å². The number of carbonyl (C=O) groups excluding carboxylic acids is 2. The smallest absolute Gasteiger partial charge is 0.252 e. The highest BCUT2D eigenvalue weighted by molar-refractivity contribution is 7.99. The van der Waals surface area contributed by atoms with Crippen molar-refractivity contribution < 1.29 is 19.1 Å². The zero-order valence-corrected chi connectivity index (χ0v) is 21.5. The topological polar surface area (TPSA) is 102 Å². The number of aromatic nitrogens is 2. The predicted molar refractivity (Wildman–Crippen MR) is 136 cm³/mol. The maximum atomic E-state index is 13.0. The van der Waals surface area contributed by atoms with Gasteiger partial charge in [-0.25, -0.2) is 9.97 Å². The van der Waals surface area contributed by atoms with Crippen LogP contribution in [-0.2, 0) is 4.79 Å². The lowest BCUT2D eigenvalue weighted by Crippen LogP contribution is -2.47. The minimum absolute atomic E-state index is 0.136. The van der Waals surface area contributed by atoms with E-state index < -0.39 is 11.9 Å². The Kier molecular flexibility index (Phi) is 8.70. The molecule has 184 valence electrons. The van der Waals surface area contributed by atoms with Gasteiger partial charge in [-0.2, -0.15) is 0 Å². The van der Waals surface area contributed by atoms with Crippen LogP contribution in [0, 0.1) is 19.8 Å². The van der Waals surface area contributed by atoms with Crippen LogP contribution >= 0.6 is 11.8 Å². The summed E-state index contributed by atoms with van der Waals surface area (Å²) in [6.45, 7) is 7.62. The molecule has 9 heteroatoms. The van der Waals surface area contributed by atoms with Crippen LogP contribution in [0.25, 0.3) is 0 Å². The number of amides is 2. The summed E-state index contributed by atoms with van der Waals surface area (Å²) in [5, 5.41) is 6.40. The van der Waals surface area contributed by atoms with Crippen molar-refractivity contribution in [2.75, 3.05) is 19.5 Å². The number of aryl methyl sites for hydroxylation is 2. The Morgan fingerprint density at radius 2 is 1.46 bits per heavy atom. The van der Waals surface area contributed by atoms with Crippen LogP contribution in [0.1, 0.15) is 35.6 Å². The maximum Gasteiger partial charge on any atom is 0.252 e. The Morgan fingerprint density at radius 1 is 0.886 bits per heavy atom. The fourth-order valence-corrected chi connectivity index (χ4v) is 4.23. The monoisotopic (exact) mass is 494 g/mol. The second-order valence-electron chi connectivity index (χ2n) is 8.35. The Labute approximate surface area is 209 Å². The molecule has 2 aromatic carbocycles. The molecule has 0 saturated carbocycles. The van der Waals surface area contributed by atoms with Crippen LogP contribution in [0.15, 0.2) is 58.6 Å². The van der Waals surface area contributed by atoms with Gasteiger partial charge in [0.15, 0.2) is 5.16 Å². The highest BCUT2D eigenvalue weighted by Gasteiger charge is 2.25. The molecule has 2 N–H and O–H groups in total. The number of nitrogens with zero attached hydrogens (tertiary/aromatic N) is 2. The van der Waals surface area contributed by atoms with Crippen molar-refractivity contribution in [1.29, 1.82) is 0 Å². The molecule has 0 aliphatic rings. The lowest BCUT2D eigenvalue weighted by Gasteiger charge is -2.22. The highest BCUT2D eigenvalue weighted by atomic mass is 32.2. The molecule has 0 unspecified atom stereocenters. The quantitative estimate of drug-likeness (QED) is 0.417. The van der Waals surface area contributed by atoms with Gasteiger partial charge in [0.2, 0.25) is 5.91 Å². The molecule has 0 saturated heterocycles. The zero-order valence-electron chi connectivity index (χ0n) is 20.7. The first-order chi connectivity index (χ1) is 16.7. The number of benzene rings is 2. The van der Waals surface area contributed by atoms with Crippen LogP contribution < -0.4 is 20.1 Å². The summed E-state index contributed by atoms with van der Waals surface area (Å²) in [4.78, 5) is 35.8. The Balaban J connectivity index is 1.68. The Hall–Kier alpha value is -3.59. The van der Waals surface area contributed by atoms with E-state index in [9.17, 15) is 9.59 Å². The standard InChI is InChI=1S/C26H30N4O4S/c1-15(2)23(30-24(31)18-12-20(33-5)14-21(13-18)34-6)25(32)29-19-7-9-22(10-8-19)35-26-27-16(3)11-17(4)28-26/h7-15,23H,1-6H3,(H,29,32)(H,30,31)/t23-/m0/s1. The van der Waals surface area contributed by atoms with Crippen molar-refractivity contribution in [2.24, 2.45) is 5.92 Å². The lowest BCUT2D eigenvalue weighted by molar-refractivity contribution is -0.118. The van der Waals surface area contributed by atoms with Gasteiger partial charge in [-0.3, -0.25) is 9.59 Å². The maximum absolute atomic E-state index is 13.0. The molecule has 1 aromatic heterocycles. The third kappa shape index (κ3) is 7.19. The summed E-state index contributed by atoms with van der Waals surface area (Å²) in [6.07, 6.45) is 0. The summed E-state index contributed by atoms with van der Waals surface area (Å²) >= 11 is 1.45. The van der Waals surface area contributed by atoms with Gasteiger partial charge >= 0.3 is 0 Å². The fraction of sp³-hybridized carbons (Fsp3) is 0.308. The predicted octanol–water partition coefficient (Wildman–Crippen LogP) is 4.65. The van der Waals surface area contributed by atoms with Crippen molar-refractivity contribution in [1.82, 2.24) is 15.3 Å². The molecule has 3 rings (SSSR count). The molecule has 1 atom stereocenters. The summed E-state index contributed by atoms with van der Waals surface area (Å²) < 4.78 is 10.5. The van der Waals surface area contributed by atoms with Gasteiger partial charge in [0.25, 0.3) is 5.91 Å². The molecule has 0 aliphatic heterocycles. The van der Waals surface area contributed by atoms with E-state index in [1.165, 1.54) is 26.0 Å². The van der Waals surface area contributed by atoms with Gasteiger partial charge in [0.05, 0.1) is 14.2 Å². The molecule has 0 radical (unpaired) electrons. The fourth-order valence-electron chi connectivity index (χ4n) is 3.37. The average Bonchev–Trinajstić information content (AvgIpc) is 2.82. The largest absolute Gasteiger partial charge is 0.497 e. The normalized spacial score (nSPS) is 11.6. The van der Waals surface area contributed by atoms with E-state index >= 15 is 0 Å². The number of nitrogens with one attached hydrogen (secondary N) is 2. The molecule has 0 fully saturated rings. The minimum atomic E-state index is -0.739. The molecule has 1 heterocycles. The third-order valence-electron chi connectivity index (χ3n) is 5.14. The number of anilines is 1. The number of carbonyl (C=O) groups is 2. The highest BCUT2D eigenvalue weighted by Crippen LogP contribution is 2.27. The van der Waals surface area contributed by atoms with Gasteiger partial charge in [0, 0.05) is 33.6 Å². The van der Waals surface area contributed by atoms with E-state index in [0.29, 0.717) is 27.9 Å². The van der Waals surface area contributed by atoms with Gasteiger partial charge in [-0.05, 0) is 74.0 Å². The summed E-state index contributed by atoms with van der Waals surface area (Å²) in [6, 6.07) is 13.5. The summed E-state index contributed by atoms with van der Waals surface area (Å²) in [5.74, 6) is 0.147. The first-order valence-electron chi connectivity index (χ1n) is 11.1. The van der Waals surface area contributed by atoms with E-state index in [2.05, 4.69) is 20.6 Å². The van der Waals surface area contributed by atoms with Crippen LogP contribution in [0.4, 0.5) is 5.69 Å². The van der Waals surface area contributed by atoms with Crippen molar-refractivity contribution in [3.8, 4) is 11.5 Å². The SMILES string of the molecule is COc1cc(OC)cc(C(=O)N[C@H](C(=O)Nc2ccc(Sc3nc(C)cc(C)n3)cc2)C(C)C)c1. The second-order valence-corrected chi connectivity index (χ2v) is 9.39. The van der Waals surface area contributed by atoms with E-state index in [4.69, 9.17) is 9.47 Å². The van der Waals surface area contributed by atoms with Gasteiger partial charge in [0.1, 0.15) is 17.5 Å².